The van der Waals surface area contributed by atoms with Crippen LogP contribution in [0.5, 0.6) is 0 Å². The van der Waals surface area contributed by atoms with E-state index in [1.807, 2.05) is 11.9 Å². The predicted molar refractivity (Wildman–Crippen MR) is 77.8 cm³/mol. The number of hydrogen-bond acceptors (Lipinski definition) is 2. The average molecular weight is 260 g/mol. The van der Waals surface area contributed by atoms with Crippen LogP contribution in [0.3, 0.4) is 0 Å². The molecule has 0 saturated carbocycles. The highest BCUT2D eigenvalue weighted by Gasteiger charge is 2.37. The van der Waals surface area contributed by atoms with Crippen molar-refractivity contribution >= 4 is 5.91 Å². The number of aryl methyl sites for hydroxylation is 2. The highest BCUT2D eigenvalue weighted by atomic mass is 16.2. The van der Waals surface area contributed by atoms with E-state index in [4.69, 9.17) is 0 Å². The SMILES string of the molecule is Cc1ccc(C)c(C2NC(CC(C)C)C(=O)N2C)c1. The summed E-state index contributed by atoms with van der Waals surface area (Å²) >= 11 is 0. The van der Waals surface area contributed by atoms with E-state index in [0.717, 1.165) is 6.42 Å². The molecule has 1 aliphatic rings. The monoisotopic (exact) mass is 260 g/mol. The quantitative estimate of drug-likeness (QED) is 0.906. The third-order valence-corrected chi connectivity index (χ3v) is 3.83. The van der Waals surface area contributed by atoms with Crippen molar-refractivity contribution in [3.05, 3.63) is 34.9 Å². The highest BCUT2D eigenvalue weighted by Crippen LogP contribution is 2.28. The topological polar surface area (TPSA) is 32.3 Å². The van der Waals surface area contributed by atoms with Crippen molar-refractivity contribution in [1.29, 1.82) is 0 Å². The van der Waals surface area contributed by atoms with E-state index in [0.29, 0.717) is 5.92 Å². The molecule has 1 amide bonds. The number of rotatable bonds is 3. The van der Waals surface area contributed by atoms with Gasteiger partial charge in [0.05, 0.1) is 6.04 Å². The second kappa shape index (κ2) is 5.33. The minimum absolute atomic E-state index is 0.0103. The van der Waals surface area contributed by atoms with Crippen molar-refractivity contribution in [1.82, 2.24) is 10.2 Å². The van der Waals surface area contributed by atoms with Crippen molar-refractivity contribution in [3.63, 3.8) is 0 Å². The van der Waals surface area contributed by atoms with Crippen LogP contribution in [0.25, 0.3) is 0 Å². The van der Waals surface area contributed by atoms with Crippen molar-refractivity contribution in [3.8, 4) is 0 Å². The third-order valence-electron chi connectivity index (χ3n) is 3.83. The number of carbonyl (C=O) groups is 1. The Hall–Kier alpha value is -1.35. The Labute approximate surface area is 116 Å². The zero-order chi connectivity index (χ0) is 14.2. The van der Waals surface area contributed by atoms with Gasteiger partial charge >= 0.3 is 0 Å². The van der Waals surface area contributed by atoms with E-state index in [2.05, 4.69) is 51.2 Å². The van der Waals surface area contributed by atoms with Gasteiger partial charge in [-0.25, -0.2) is 0 Å². The van der Waals surface area contributed by atoms with Crippen molar-refractivity contribution in [2.75, 3.05) is 7.05 Å². The first-order chi connectivity index (χ1) is 8.90. The van der Waals surface area contributed by atoms with E-state index in [1.165, 1.54) is 16.7 Å². The molecule has 3 heteroatoms. The minimum atomic E-state index is -0.0464. The number of nitrogens with zero attached hydrogens (tertiary/aromatic N) is 1. The van der Waals surface area contributed by atoms with Gasteiger partial charge in [0.15, 0.2) is 0 Å². The standard InChI is InChI=1S/C16H24N2O/c1-10(2)8-14-16(19)18(5)15(17-14)13-9-11(3)6-7-12(13)4/h6-7,9-10,14-15,17H,8H2,1-5H3. The van der Waals surface area contributed by atoms with Gasteiger partial charge in [0.1, 0.15) is 6.17 Å². The van der Waals surface area contributed by atoms with E-state index in [1.54, 1.807) is 0 Å². The Morgan fingerprint density at radius 2 is 2.00 bits per heavy atom. The molecular weight excluding hydrogens is 236 g/mol. The number of nitrogens with one attached hydrogen (secondary N) is 1. The number of carbonyl (C=O) groups excluding carboxylic acids is 1. The third kappa shape index (κ3) is 2.81. The average Bonchev–Trinajstić information content (AvgIpc) is 2.60. The van der Waals surface area contributed by atoms with Gasteiger partial charge in [-0.05, 0) is 37.3 Å². The van der Waals surface area contributed by atoms with Crippen LogP contribution < -0.4 is 5.32 Å². The summed E-state index contributed by atoms with van der Waals surface area (Å²) in [5.41, 5.74) is 3.67. The molecular formula is C16H24N2O. The van der Waals surface area contributed by atoms with Crippen LogP contribution in [0.2, 0.25) is 0 Å². The van der Waals surface area contributed by atoms with Crippen LogP contribution in [-0.4, -0.2) is 23.9 Å². The van der Waals surface area contributed by atoms with Crippen LogP contribution in [0.15, 0.2) is 18.2 Å². The molecule has 2 atom stereocenters. The lowest BCUT2D eigenvalue weighted by Gasteiger charge is -2.22. The first kappa shape index (κ1) is 14.1. The number of amides is 1. The maximum Gasteiger partial charge on any atom is 0.241 e. The molecule has 1 saturated heterocycles. The Balaban J connectivity index is 2.26. The number of hydrogen-bond donors (Lipinski definition) is 1. The van der Waals surface area contributed by atoms with E-state index in [9.17, 15) is 4.79 Å². The predicted octanol–water partition coefficient (Wildman–Crippen LogP) is 2.78. The van der Waals surface area contributed by atoms with Crippen LogP contribution >= 0.6 is 0 Å². The molecule has 2 unspecified atom stereocenters. The molecule has 1 heterocycles. The summed E-state index contributed by atoms with van der Waals surface area (Å²) in [6.07, 6.45) is 0.904. The Morgan fingerprint density at radius 3 is 2.63 bits per heavy atom. The summed E-state index contributed by atoms with van der Waals surface area (Å²) in [5, 5.41) is 3.48. The van der Waals surface area contributed by atoms with Gasteiger partial charge < -0.3 is 4.90 Å². The summed E-state index contributed by atoms with van der Waals surface area (Å²) in [7, 11) is 1.89. The van der Waals surface area contributed by atoms with Crippen molar-refractivity contribution in [2.45, 2.75) is 46.3 Å². The summed E-state index contributed by atoms with van der Waals surface area (Å²) in [6.45, 7) is 8.50. The van der Waals surface area contributed by atoms with Crippen LogP contribution in [-0.2, 0) is 4.79 Å². The summed E-state index contributed by atoms with van der Waals surface area (Å²) < 4.78 is 0. The molecule has 1 aliphatic heterocycles. The summed E-state index contributed by atoms with van der Waals surface area (Å²) in [4.78, 5) is 14.1. The molecule has 1 N–H and O–H groups in total. The minimum Gasteiger partial charge on any atom is -0.325 e. The van der Waals surface area contributed by atoms with Gasteiger partial charge in [-0.3, -0.25) is 10.1 Å². The van der Waals surface area contributed by atoms with Crippen LogP contribution in [0, 0.1) is 19.8 Å². The molecule has 1 fully saturated rings. The van der Waals surface area contributed by atoms with Gasteiger partial charge in [0.2, 0.25) is 5.91 Å². The number of likely N-dealkylation sites (N-methyl/N-ethyl adjacent to an activating group) is 1. The zero-order valence-electron chi connectivity index (χ0n) is 12.5. The fourth-order valence-corrected chi connectivity index (χ4v) is 2.74. The van der Waals surface area contributed by atoms with Gasteiger partial charge in [0.25, 0.3) is 0 Å². The molecule has 0 aliphatic carbocycles. The fourth-order valence-electron chi connectivity index (χ4n) is 2.74. The molecule has 3 nitrogen and oxygen atoms in total. The largest absolute Gasteiger partial charge is 0.325 e. The molecule has 1 aromatic rings. The van der Waals surface area contributed by atoms with Crippen LogP contribution in [0.1, 0.15) is 43.1 Å². The van der Waals surface area contributed by atoms with Gasteiger partial charge in [-0.15, -0.1) is 0 Å². The molecule has 2 rings (SSSR count). The molecule has 0 radical (unpaired) electrons. The number of benzene rings is 1. The molecule has 104 valence electrons. The Morgan fingerprint density at radius 1 is 1.32 bits per heavy atom. The lowest BCUT2D eigenvalue weighted by atomic mass is 10.0. The zero-order valence-corrected chi connectivity index (χ0v) is 12.5. The van der Waals surface area contributed by atoms with Crippen molar-refractivity contribution in [2.24, 2.45) is 5.92 Å². The molecule has 19 heavy (non-hydrogen) atoms. The van der Waals surface area contributed by atoms with Gasteiger partial charge in [0, 0.05) is 7.05 Å². The Bertz CT molecular complexity index is 482. The first-order valence-corrected chi connectivity index (χ1v) is 7.00. The maximum absolute atomic E-state index is 12.3. The van der Waals surface area contributed by atoms with Crippen LogP contribution in [0.4, 0.5) is 0 Å². The van der Waals surface area contributed by atoms with E-state index < -0.39 is 0 Å². The van der Waals surface area contributed by atoms with E-state index >= 15 is 0 Å². The fraction of sp³-hybridized carbons (Fsp3) is 0.562. The summed E-state index contributed by atoms with van der Waals surface area (Å²) in [5.74, 6) is 0.729. The second-order valence-electron chi connectivity index (χ2n) is 6.06. The smallest absolute Gasteiger partial charge is 0.241 e. The molecule has 0 spiro atoms. The Kier molecular flexibility index (Phi) is 3.95. The molecule has 0 aromatic heterocycles. The lowest BCUT2D eigenvalue weighted by Crippen LogP contribution is -2.30. The second-order valence-corrected chi connectivity index (χ2v) is 6.06. The first-order valence-electron chi connectivity index (χ1n) is 7.00. The summed E-state index contributed by atoms with van der Waals surface area (Å²) in [6, 6.07) is 6.37. The van der Waals surface area contributed by atoms with Gasteiger partial charge in [-0.1, -0.05) is 37.6 Å². The molecule has 0 bridgehead atoms. The van der Waals surface area contributed by atoms with Gasteiger partial charge in [-0.2, -0.15) is 0 Å². The highest BCUT2D eigenvalue weighted by molar-refractivity contribution is 5.84. The molecule has 1 aromatic carbocycles. The van der Waals surface area contributed by atoms with E-state index in [-0.39, 0.29) is 18.1 Å². The maximum atomic E-state index is 12.3. The van der Waals surface area contributed by atoms with Crippen molar-refractivity contribution < 1.29 is 4.79 Å². The normalized spacial score (nSPS) is 23.5. The lowest BCUT2D eigenvalue weighted by molar-refractivity contribution is -0.129.